The van der Waals surface area contributed by atoms with Crippen molar-refractivity contribution in [1.29, 1.82) is 0 Å². The fraction of sp³-hybridized carbons (Fsp3) is 0.381. The molecule has 11 heteroatoms. The van der Waals surface area contributed by atoms with Crippen LogP contribution in [0.3, 0.4) is 0 Å². The summed E-state index contributed by atoms with van der Waals surface area (Å²) in [6.07, 6.45) is -3.39. The van der Waals surface area contributed by atoms with E-state index in [1.165, 1.54) is 17.0 Å². The van der Waals surface area contributed by atoms with Gasteiger partial charge in [-0.2, -0.15) is 13.2 Å². The number of halogens is 5. The molecular weight excluding hydrogens is 454 g/mol. The maximum absolute atomic E-state index is 14.4. The molecule has 32 heavy (non-hydrogen) atoms. The Morgan fingerprint density at radius 3 is 2.38 bits per heavy atom. The van der Waals surface area contributed by atoms with Gasteiger partial charge in [0.25, 0.3) is 5.91 Å². The molecule has 2 fully saturated rings. The van der Waals surface area contributed by atoms with Crippen molar-refractivity contribution in [3.05, 3.63) is 58.5 Å². The first-order valence-electron chi connectivity index (χ1n) is 9.80. The molecule has 1 N–H and O–H groups in total. The normalized spacial score (nSPS) is 24.0. The van der Waals surface area contributed by atoms with Crippen LogP contribution >= 0.6 is 11.6 Å². The number of benzene rings is 1. The molecule has 1 atom stereocenters. The Morgan fingerprint density at radius 1 is 1.16 bits per heavy atom. The highest BCUT2D eigenvalue weighted by Gasteiger charge is 2.48. The number of aliphatic hydroxyl groups excluding tert-OH is 1. The summed E-state index contributed by atoms with van der Waals surface area (Å²) < 4.78 is 52.9. The summed E-state index contributed by atoms with van der Waals surface area (Å²) in [6, 6.07) is 4.30. The molecule has 0 spiro atoms. The highest BCUT2D eigenvalue weighted by molar-refractivity contribution is 6.30. The molecule has 1 aliphatic heterocycles. The lowest BCUT2D eigenvalue weighted by molar-refractivity contribution is -0.149. The number of piperazine rings is 1. The molecule has 2 aliphatic rings. The van der Waals surface area contributed by atoms with E-state index in [-0.39, 0.29) is 36.1 Å². The van der Waals surface area contributed by atoms with Crippen molar-refractivity contribution in [3.63, 3.8) is 0 Å². The Labute approximate surface area is 185 Å². The fourth-order valence-corrected chi connectivity index (χ4v) is 4.21. The molecule has 4 rings (SSSR count). The summed E-state index contributed by atoms with van der Waals surface area (Å²) in [5, 5.41) is 9.75. The first kappa shape index (κ1) is 22.5. The third-order valence-corrected chi connectivity index (χ3v) is 5.95. The van der Waals surface area contributed by atoms with Gasteiger partial charge in [0.2, 0.25) is 5.91 Å². The number of hydrogen-bond acceptors (Lipinski definition) is 4. The number of hydrogen-bond donors (Lipinski definition) is 1. The van der Waals surface area contributed by atoms with E-state index in [1.54, 1.807) is 0 Å². The highest BCUT2D eigenvalue weighted by Crippen LogP contribution is 2.37. The summed E-state index contributed by atoms with van der Waals surface area (Å²) in [4.78, 5) is 32.4. The zero-order chi connectivity index (χ0) is 23.2. The molecular formula is C21H18ClF4N3O3. The van der Waals surface area contributed by atoms with Crippen molar-refractivity contribution in [1.82, 2.24) is 9.88 Å². The first-order valence-corrected chi connectivity index (χ1v) is 10.2. The van der Waals surface area contributed by atoms with Crippen molar-refractivity contribution >= 4 is 29.2 Å². The second kappa shape index (κ2) is 8.32. The zero-order valence-electron chi connectivity index (χ0n) is 16.5. The molecule has 170 valence electrons. The molecule has 0 radical (unpaired) electrons. The minimum atomic E-state index is -4.49. The van der Waals surface area contributed by atoms with E-state index in [0.29, 0.717) is 5.56 Å². The topological polar surface area (TPSA) is 73.7 Å². The van der Waals surface area contributed by atoms with Crippen LogP contribution < -0.4 is 4.90 Å². The highest BCUT2D eigenvalue weighted by atomic mass is 35.5. The van der Waals surface area contributed by atoms with E-state index in [2.05, 4.69) is 4.98 Å². The number of anilines is 1. The third kappa shape index (κ3) is 4.29. The number of carbonyl (C=O) groups excluding carboxylic acids is 2. The van der Waals surface area contributed by atoms with Crippen LogP contribution in [0, 0.1) is 11.7 Å². The Morgan fingerprint density at radius 2 is 1.81 bits per heavy atom. The maximum atomic E-state index is 14.4. The quantitative estimate of drug-likeness (QED) is 0.694. The van der Waals surface area contributed by atoms with E-state index in [9.17, 15) is 32.3 Å². The van der Waals surface area contributed by atoms with Gasteiger partial charge in [0.1, 0.15) is 12.6 Å². The van der Waals surface area contributed by atoms with Gasteiger partial charge in [-0.3, -0.25) is 14.5 Å². The Hall–Kier alpha value is -2.72. The number of nitrogens with zero attached hydrogens (tertiary/aromatic N) is 3. The lowest BCUT2D eigenvalue weighted by Crippen LogP contribution is -2.64. The van der Waals surface area contributed by atoms with Gasteiger partial charge < -0.3 is 10.0 Å². The first-order chi connectivity index (χ1) is 15.0. The molecule has 1 aromatic carbocycles. The van der Waals surface area contributed by atoms with E-state index in [0.717, 1.165) is 29.3 Å². The SMILES string of the molecule is O=C1C([C@H]2C[C@@H](O)C2)N(Cc2ccc(C(F)(F)F)cc2)C(=O)CN1c1ncc(Cl)cc1F. The van der Waals surface area contributed by atoms with E-state index >= 15 is 0 Å². The molecule has 2 heterocycles. The van der Waals surface area contributed by atoms with Gasteiger partial charge in [0.15, 0.2) is 11.6 Å². The lowest BCUT2D eigenvalue weighted by Gasteiger charge is -2.47. The Balaban J connectivity index is 1.62. The van der Waals surface area contributed by atoms with E-state index < -0.39 is 48.1 Å². The van der Waals surface area contributed by atoms with Crippen LogP contribution in [0.2, 0.25) is 5.02 Å². The predicted octanol–water partition coefficient (Wildman–Crippen LogP) is 3.41. The van der Waals surface area contributed by atoms with Gasteiger partial charge in [0.05, 0.1) is 16.7 Å². The van der Waals surface area contributed by atoms with Gasteiger partial charge in [-0.15, -0.1) is 0 Å². The smallest absolute Gasteiger partial charge is 0.393 e. The van der Waals surface area contributed by atoms with Crippen LogP contribution in [0.4, 0.5) is 23.4 Å². The van der Waals surface area contributed by atoms with Gasteiger partial charge in [-0.25, -0.2) is 9.37 Å². The standard InChI is InChI=1S/C21H18ClF4N3O3/c22-14-7-16(23)19(27-8-14)29-10-17(31)28(18(20(29)32)12-5-15(30)6-12)9-11-1-3-13(4-2-11)21(24,25)26/h1-4,7-8,12,15,18,30H,5-6,9-10H2/t12-,15+,18?. The number of pyridine rings is 1. The van der Waals surface area contributed by atoms with Crippen molar-refractivity contribution in [2.24, 2.45) is 5.92 Å². The molecule has 0 bridgehead atoms. The average molecular weight is 472 g/mol. The molecule has 2 amide bonds. The zero-order valence-corrected chi connectivity index (χ0v) is 17.3. The van der Waals surface area contributed by atoms with E-state index in [4.69, 9.17) is 11.6 Å². The summed E-state index contributed by atoms with van der Waals surface area (Å²) >= 11 is 5.72. The number of carbonyl (C=O) groups is 2. The van der Waals surface area contributed by atoms with Crippen molar-refractivity contribution in [2.75, 3.05) is 11.4 Å². The van der Waals surface area contributed by atoms with Crippen molar-refractivity contribution in [3.8, 4) is 0 Å². The number of rotatable bonds is 4. The number of alkyl halides is 3. The molecule has 6 nitrogen and oxygen atoms in total. The average Bonchev–Trinajstić information content (AvgIpc) is 2.69. The largest absolute Gasteiger partial charge is 0.416 e. The Kier molecular flexibility index (Phi) is 5.85. The van der Waals surface area contributed by atoms with Crippen LogP contribution in [0.5, 0.6) is 0 Å². The predicted molar refractivity (Wildman–Crippen MR) is 106 cm³/mol. The summed E-state index contributed by atoms with van der Waals surface area (Å²) in [5.74, 6) is -2.63. The van der Waals surface area contributed by atoms with Gasteiger partial charge >= 0.3 is 6.18 Å². The molecule has 1 unspecified atom stereocenters. The maximum Gasteiger partial charge on any atom is 0.416 e. The molecule has 1 saturated carbocycles. The summed E-state index contributed by atoms with van der Waals surface area (Å²) in [6.45, 7) is -0.568. The van der Waals surface area contributed by atoms with Crippen LogP contribution in [0.1, 0.15) is 24.0 Å². The molecule has 1 aromatic heterocycles. The number of aromatic nitrogens is 1. The van der Waals surface area contributed by atoms with Crippen LogP contribution in [0.25, 0.3) is 0 Å². The second-order valence-electron chi connectivity index (χ2n) is 7.93. The fourth-order valence-electron chi connectivity index (χ4n) is 4.06. The molecule has 1 aliphatic carbocycles. The second-order valence-corrected chi connectivity index (χ2v) is 8.37. The summed E-state index contributed by atoms with van der Waals surface area (Å²) in [7, 11) is 0. The van der Waals surface area contributed by atoms with Crippen molar-refractivity contribution in [2.45, 2.75) is 37.7 Å². The number of amides is 2. The van der Waals surface area contributed by atoms with Crippen LogP contribution in [-0.2, 0) is 22.3 Å². The van der Waals surface area contributed by atoms with Crippen molar-refractivity contribution < 1.29 is 32.3 Å². The molecule has 2 aromatic rings. The minimum Gasteiger partial charge on any atom is -0.393 e. The Bertz CT molecular complexity index is 1040. The van der Waals surface area contributed by atoms with Gasteiger partial charge in [-0.05, 0) is 42.5 Å². The van der Waals surface area contributed by atoms with Crippen LogP contribution in [0.15, 0.2) is 36.5 Å². The summed E-state index contributed by atoms with van der Waals surface area (Å²) in [5.41, 5.74) is -0.412. The monoisotopic (exact) mass is 471 g/mol. The minimum absolute atomic E-state index is 0.0321. The van der Waals surface area contributed by atoms with Crippen LogP contribution in [-0.4, -0.2) is 45.5 Å². The van der Waals surface area contributed by atoms with E-state index in [1.807, 2.05) is 0 Å². The molecule has 1 saturated heterocycles. The number of aliphatic hydroxyl groups is 1. The van der Waals surface area contributed by atoms with Gasteiger partial charge in [0, 0.05) is 12.7 Å². The van der Waals surface area contributed by atoms with Gasteiger partial charge in [-0.1, -0.05) is 23.7 Å². The lowest BCUT2D eigenvalue weighted by atomic mass is 9.75. The third-order valence-electron chi connectivity index (χ3n) is 5.74.